The van der Waals surface area contributed by atoms with E-state index in [0.717, 1.165) is 4.96 Å². The number of aromatic amines is 1. The van der Waals surface area contributed by atoms with Crippen LogP contribution < -0.4 is 10.3 Å². The van der Waals surface area contributed by atoms with E-state index in [1.165, 1.54) is 11.3 Å². The fourth-order valence-electron chi connectivity index (χ4n) is 2.84. The molecule has 0 spiro atoms. The van der Waals surface area contributed by atoms with E-state index in [1.807, 2.05) is 16.0 Å². The molecule has 0 saturated carbocycles. The van der Waals surface area contributed by atoms with Gasteiger partial charge in [-0.05, 0) is 6.92 Å². The molecule has 4 heterocycles. The van der Waals surface area contributed by atoms with Crippen molar-refractivity contribution in [3.05, 3.63) is 50.1 Å². The van der Waals surface area contributed by atoms with Crippen LogP contribution in [0.25, 0.3) is 4.96 Å². The van der Waals surface area contributed by atoms with E-state index < -0.39 is 5.92 Å². The largest absolute Gasteiger partial charge is 0.426 e. The molecule has 3 aromatic rings. The topological polar surface area (TPSA) is 76.5 Å². The van der Waals surface area contributed by atoms with E-state index in [9.17, 15) is 9.59 Å². The summed E-state index contributed by atoms with van der Waals surface area (Å²) in [6, 6.07) is 1.65. The number of rotatable bonds is 1. The van der Waals surface area contributed by atoms with Crippen molar-refractivity contribution in [2.45, 2.75) is 19.3 Å². The van der Waals surface area contributed by atoms with E-state index in [1.54, 1.807) is 13.0 Å². The van der Waals surface area contributed by atoms with Gasteiger partial charge in [0.2, 0.25) is 0 Å². The van der Waals surface area contributed by atoms with Crippen LogP contribution in [0.1, 0.15) is 29.3 Å². The van der Waals surface area contributed by atoms with Crippen molar-refractivity contribution in [3.63, 3.8) is 0 Å². The van der Waals surface area contributed by atoms with Gasteiger partial charge in [-0.25, -0.2) is 4.98 Å². The zero-order valence-corrected chi connectivity index (χ0v) is 13.0. The Morgan fingerprint density at radius 2 is 2.32 bits per heavy atom. The Morgan fingerprint density at radius 1 is 1.50 bits per heavy atom. The number of carbonyl (C=O) groups is 1. The molecule has 0 amide bonds. The summed E-state index contributed by atoms with van der Waals surface area (Å²) in [6.45, 7) is 1.74. The Morgan fingerprint density at radius 3 is 3.14 bits per heavy atom. The average Bonchev–Trinajstić information content (AvgIpc) is 2.96. The summed E-state index contributed by atoms with van der Waals surface area (Å²) in [6.07, 6.45) is 1.89. The summed E-state index contributed by atoms with van der Waals surface area (Å²) in [7, 11) is 0. The Balaban J connectivity index is 2.01. The van der Waals surface area contributed by atoms with Gasteiger partial charge in [-0.3, -0.25) is 14.0 Å². The predicted octanol–water partition coefficient (Wildman–Crippen LogP) is 2.49. The molecule has 112 valence electrons. The molecule has 6 nitrogen and oxygen atoms in total. The molecule has 0 saturated heterocycles. The normalized spacial score (nSPS) is 17.5. The van der Waals surface area contributed by atoms with Crippen LogP contribution in [0.5, 0.6) is 5.75 Å². The Bertz CT molecular complexity index is 972. The molecule has 1 unspecified atom stereocenters. The number of ether oxygens (including phenoxy) is 1. The van der Waals surface area contributed by atoms with E-state index in [2.05, 4.69) is 9.97 Å². The first kappa shape index (κ1) is 13.5. The highest BCUT2D eigenvalue weighted by molar-refractivity contribution is 7.15. The van der Waals surface area contributed by atoms with Crippen LogP contribution >= 0.6 is 22.9 Å². The van der Waals surface area contributed by atoms with E-state index >= 15 is 0 Å². The number of esters is 1. The van der Waals surface area contributed by atoms with Crippen molar-refractivity contribution in [1.29, 1.82) is 0 Å². The quantitative estimate of drug-likeness (QED) is 0.693. The second-order valence-electron chi connectivity index (χ2n) is 5.13. The van der Waals surface area contributed by atoms with Crippen LogP contribution in [0.3, 0.4) is 0 Å². The van der Waals surface area contributed by atoms with Crippen molar-refractivity contribution in [2.24, 2.45) is 0 Å². The number of imidazole rings is 1. The van der Waals surface area contributed by atoms with E-state index in [0.29, 0.717) is 27.9 Å². The van der Waals surface area contributed by atoms with Crippen molar-refractivity contribution in [2.75, 3.05) is 0 Å². The molecule has 0 radical (unpaired) electrons. The van der Waals surface area contributed by atoms with E-state index in [4.69, 9.17) is 16.3 Å². The summed E-state index contributed by atoms with van der Waals surface area (Å²) >= 11 is 7.69. The number of nitrogens with zero attached hydrogens (tertiary/aromatic N) is 2. The molecule has 0 aliphatic carbocycles. The molecule has 0 aromatic carbocycles. The van der Waals surface area contributed by atoms with Gasteiger partial charge < -0.3 is 9.72 Å². The molecule has 1 N–H and O–H groups in total. The second kappa shape index (κ2) is 4.69. The van der Waals surface area contributed by atoms with Crippen molar-refractivity contribution in [1.82, 2.24) is 14.4 Å². The van der Waals surface area contributed by atoms with Gasteiger partial charge in [-0.1, -0.05) is 11.6 Å². The Kier molecular flexibility index (Phi) is 2.88. The number of hydrogen-bond acceptors (Lipinski definition) is 5. The first-order valence-electron chi connectivity index (χ1n) is 6.60. The zero-order chi connectivity index (χ0) is 15.4. The third-order valence-electron chi connectivity index (χ3n) is 3.70. The van der Waals surface area contributed by atoms with Crippen LogP contribution in [-0.4, -0.2) is 20.3 Å². The van der Waals surface area contributed by atoms with Crippen molar-refractivity contribution < 1.29 is 9.53 Å². The number of halogens is 1. The van der Waals surface area contributed by atoms with Crippen molar-refractivity contribution in [3.8, 4) is 5.75 Å². The monoisotopic (exact) mass is 335 g/mol. The van der Waals surface area contributed by atoms with Crippen LogP contribution in [0.15, 0.2) is 22.4 Å². The number of H-pyrrole nitrogens is 1. The Labute approximate surface area is 133 Å². The number of hydrogen-bond donors (Lipinski definition) is 1. The zero-order valence-electron chi connectivity index (χ0n) is 11.4. The van der Waals surface area contributed by atoms with Gasteiger partial charge in [0.05, 0.1) is 17.7 Å². The summed E-state index contributed by atoms with van der Waals surface area (Å²) in [5, 5.41) is 2.18. The molecule has 1 atom stereocenters. The maximum Gasteiger partial charge on any atom is 0.312 e. The molecular weight excluding hydrogens is 326 g/mol. The maximum absolute atomic E-state index is 12.4. The SMILES string of the molecule is Cc1cc2c(c(=O)[nH]1)C(c1c(Cl)nc3sccn13)CC(=O)O2. The first-order valence-corrected chi connectivity index (χ1v) is 7.86. The summed E-state index contributed by atoms with van der Waals surface area (Å²) in [5.41, 5.74) is 1.43. The molecule has 0 bridgehead atoms. The van der Waals surface area contributed by atoms with Crippen LogP contribution in [0.2, 0.25) is 5.15 Å². The number of aryl methyl sites for hydroxylation is 1. The summed E-state index contributed by atoms with van der Waals surface area (Å²) < 4.78 is 7.04. The van der Waals surface area contributed by atoms with Gasteiger partial charge in [0.15, 0.2) is 10.1 Å². The van der Waals surface area contributed by atoms with Crippen LogP contribution in [0.4, 0.5) is 0 Å². The van der Waals surface area contributed by atoms with Crippen LogP contribution in [-0.2, 0) is 4.79 Å². The second-order valence-corrected chi connectivity index (χ2v) is 6.36. The van der Waals surface area contributed by atoms with Gasteiger partial charge >= 0.3 is 5.97 Å². The van der Waals surface area contributed by atoms with Crippen LogP contribution in [0, 0.1) is 6.92 Å². The highest BCUT2D eigenvalue weighted by atomic mass is 35.5. The standard InChI is InChI=1S/C14H10ClN3O3S/c1-6-4-8-10(13(20)16-6)7(5-9(19)21-8)11-12(15)17-14-18(11)2-3-22-14/h2-4,7H,5H2,1H3,(H,16,20). The average molecular weight is 336 g/mol. The first-order chi connectivity index (χ1) is 10.5. The summed E-state index contributed by atoms with van der Waals surface area (Å²) in [5.74, 6) is -0.565. The minimum Gasteiger partial charge on any atom is -0.426 e. The number of nitrogens with one attached hydrogen (secondary N) is 1. The predicted molar refractivity (Wildman–Crippen MR) is 82.0 cm³/mol. The lowest BCUT2D eigenvalue weighted by Gasteiger charge is -2.23. The number of pyridine rings is 1. The maximum atomic E-state index is 12.4. The molecule has 1 aliphatic heterocycles. The van der Waals surface area contributed by atoms with Gasteiger partial charge in [0.1, 0.15) is 5.75 Å². The van der Waals surface area contributed by atoms with Crippen molar-refractivity contribution >= 4 is 33.9 Å². The number of thiazole rings is 1. The molecule has 0 fully saturated rings. The highest BCUT2D eigenvalue weighted by Crippen LogP contribution is 2.40. The molecule has 22 heavy (non-hydrogen) atoms. The number of aromatic nitrogens is 3. The lowest BCUT2D eigenvalue weighted by molar-refractivity contribution is -0.135. The molecule has 1 aliphatic rings. The number of fused-ring (bicyclic) bond motifs is 2. The minimum absolute atomic E-state index is 0.0580. The van der Waals surface area contributed by atoms with Gasteiger partial charge in [-0.15, -0.1) is 11.3 Å². The molecule has 8 heteroatoms. The fourth-order valence-corrected chi connectivity index (χ4v) is 3.91. The van der Waals surface area contributed by atoms with Gasteiger partial charge in [0.25, 0.3) is 5.56 Å². The molecule has 3 aromatic heterocycles. The number of carbonyl (C=O) groups excluding carboxylic acids is 1. The lowest BCUT2D eigenvalue weighted by Crippen LogP contribution is -2.29. The molecular formula is C14H10ClN3O3S. The molecule has 4 rings (SSSR count). The fraction of sp³-hybridized carbons (Fsp3) is 0.214. The van der Waals surface area contributed by atoms with Gasteiger partial charge in [-0.2, -0.15) is 0 Å². The van der Waals surface area contributed by atoms with E-state index in [-0.39, 0.29) is 17.9 Å². The van der Waals surface area contributed by atoms with Gasteiger partial charge in [0, 0.05) is 29.3 Å². The third kappa shape index (κ3) is 1.89. The smallest absolute Gasteiger partial charge is 0.312 e. The minimum atomic E-state index is -0.474. The summed E-state index contributed by atoms with van der Waals surface area (Å²) in [4.78, 5) is 32.1. The Hall–Kier alpha value is -2.12. The highest BCUT2D eigenvalue weighted by Gasteiger charge is 2.35. The third-order valence-corrected chi connectivity index (χ3v) is 4.73. The lowest BCUT2D eigenvalue weighted by atomic mass is 9.91.